The fraction of sp³-hybridized carbons (Fsp3) is 0.333. The van der Waals surface area contributed by atoms with Crippen LogP contribution >= 0.6 is 0 Å². The van der Waals surface area contributed by atoms with Gasteiger partial charge in [-0.1, -0.05) is 60.2 Å². The second kappa shape index (κ2) is 6.21. The lowest BCUT2D eigenvalue weighted by atomic mass is 9.95. The van der Waals surface area contributed by atoms with Crippen molar-refractivity contribution in [2.45, 2.75) is 13.0 Å². The normalized spacial score (nSPS) is 17.9. The van der Waals surface area contributed by atoms with E-state index in [9.17, 15) is 0 Å². The molecule has 1 heterocycles. The van der Waals surface area contributed by atoms with Crippen molar-refractivity contribution in [3.63, 3.8) is 0 Å². The summed E-state index contributed by atoms with van der Waals surface area (Å²) in [6, 6.07) is 20.1. The van der Waals surface area contributed by atoms with E-state index in [0.717, 1.165) is 26.2 Å². The Hall–Kier alpha value is -1.64. The summed E-state index contributed by atoms with van der Waals surface area (Å²) >= 11 is 0. The van der Waals surface area contributed by atoms with Gasteiger partial charge in [-0.05, 0) is 18.1 Å². The zero-order chi connectivity index (χ0) is 13.8. The molecular formula is C18H22N2. The maximum absolute atomic E-state index is 3.44. The lowest BCUT2D eigenvalue weighted by molar-refractivity contribution is 0.198. The van der Waals surface area contributed by atoms with Crippen LogP contribution in [0.2, 0.25) is 0 Å². The van der Waals surface area contributed by atoms with Gasteiger partial charge in [0.1, 0.15) is 0 Å². The zero-order valence-electron chi connectivity index (χ0n) is 12.0. The van der Waals surface area contributed by atoms with E-state index in [0.29, 0.717) is 6.04 Å². The summed E-state index contributed by atoms with van der Waals surface area (Å²) in [7, 11) is 0. The Bertz CT molecular complexity index is 544. The number of nitrogens with zero attached hydrogens (tertiary/aromatic N) is 1. The molecule has 2 aromatic carbocycles. The molecule has 0 aliphatic carbocycles. The molecule has 0 aromatic heterocycles. The molecule has 1 N–H and O–H groups in total. The van der Waals surface area contributed by atoms with Crippen molar-refractivity contribution in [3.8, 4) is 0 Å². The second-order valence-electron chi connectivity index (χ2n) is 5.51. The number of hydrogen-bond acceptors (Lipinski definition) is 2. The third-order valence-electron chi connectivity index (χ3n) is 3.99. The van der Waals surface area contributed by atoms with Gasteiger partial charge < -0.3 is 5.32 Å². The van der Waals surface area contributed by atoms with Gasteiger partial charge in [0, 0.05) is 26.2 Å². The van der Waals surface area contributed by atoms with E-state index < -0.39 is 0 Å². The standard InChI is InChI=1S/C18H22N2/c1-15-6-5-9-17(14-15)18(16-7-3-2-4-8-16)20-12-10-19-11-13-20/h2-9,14,18-19H,10-13H2,1H3. The molecule has 1 saturated heterocycles. The summed E-state index contributed by atoms with van der Waals surface area (Å²) in [5.74, 6) is 0. The fourth-order valence-electron chi connectivity index (χ4n) is 3.03. The van der Waals surface area contributed by atoms with Gasteiger partial charge in [0.15, 0.2) is 0 Å². The molecule has 0 amide bonds. The molecule has 0 spiro atoms. The largest absolute Gasteiger partial charge is 0.314 e. The molecule has 0 saturated carbocycles. The summed E-state index contributed by atoms with van der Waals surface area (Å²) in [6.07, 6.45) is 0. The first-order valence-corrected chi connectivity index (χ1v) is 7.41. The molecule has 2 nitrogen and oxygen atoms in total. The molecule has 0 radical (unpaired) electrons. The van der Waals surface area contributed by atoms with Crippen molar-refractivity contribution in [3.05, 3.63) is 71.3 Å². The monoisotopic (exact) mass is 266 g/mol. The van der Waals surface area contributed by atoms with Crippen molar-refractivity contribution in [2.75, 3.05) is 26.2 Å². The van der Waals surface area contributed by atoms with Crippen LogP contribution in [0.4, 0.5) is 0 Å². The first kappa shape index (κ1) is 13.3. The SMILES string of the molecule is Cc1cccc(C(c2ccccc2)N2CCNCC2)c1. The molecular weight excluding hydrogens is 244 g/mol. The van der Waals surface area contributed by atoms with E-state index in [1.807, 2.05) is 0 Å². The average molecular weight is 266 g/mol. The van der Waals surface area contributed by atoms with Gasteiger partial charge in [-0.25, -0.2) is 0 Å². The molecule has 1 aliphatic heterocycles. The molecule has 2 heteroatoms. The van der Waals surface area contributed by atoms with Gasteiger partial charge in [0.2, 0.25) is 0 Å². The van der Waals surface area contributed by atoms with Crippen LogP contribution in [0.25, 0.3) is 0 Å². The number of hydrogen-bond donors (Lipinski definition) is 1. The van der Waals surface area contributed by atoms with Crippen LogP contribution in [-0.2, 0) is 0 Å². The van der Waals surface area contributed by atoms with E-state index >= 15 is 0 Å². The Labute approximate surface area is 121 Å². The summed E-state index contributed by atoms with van der Waals surface area (Å²) in [5.41, 5.74) is 4.12. The topological polar surface area (TPSA) is 15.3 Å². The van der Waals surface area contributed by atoms with Crippen molar-refractivity contribution in [1.82, 2.24) is 10.2 Å². The maximum atomic E-state index is 3.44. The van der Waals surface area contributed by atoms with E-state index in [1.54, 1.807) is 0 Å². The van der Waals surface area contributed by atoms with Gasteiger partial charge >= 0.3 is 0 Å². The van der Waals surface area contributed by atoms with Crippen molar-refractivity contribution in [2.24, 2.45) is 0 Å². The quantitative estimate of drug-likeness (QED) is 0.919. The fourth-order valence-corrected chi connectivity index (χ4v) is 3.03. The highest BCUT2D eigenvalue weighted by atomic mass is 15.2. The van der Waals surface area contributed by atoms with E-state index in [4.69, 9.17) is 0 Å². The van der Waals surface area contributed by atoms with Crippen molar-refractivity contribution in [1.29, 1.82) is 0 Å². The zero-order valence-corrected chi connectivity index (χ0v) is 12.0. The number of rotatable bonds is 3. The van der Waals surface area contributed by atoms with E-state index in [-0.39, 0.29) is 0 Å². The minimum Gasteiger partial charge on any atom is -0.314 e. The Morgan fingerprint density at radius 3 is 2.30 bits per heavy atom. The molecule has 0 bridgehead atoms. The second-order valence-corrected chi connectivity index (χ2v) is 5.51. The molecule has 20 heavy (non-hydrogen) atoms. The molecule has 1 fully saturated rings. The molecule has 1 atom stereocenters. The number of benzene rings is 2. The van der Waals surface area contributed by atoms with Gasteiger partial charge in [-0.15, -0.1) is 0 Å². The predicted octanol–water partition coefficient (Wildman–Crippen LogP) is 2.99. The number of nitrogens with one attached hydrogen (secondary N) is 1. The smallest absolute Gasteiger partial charge is 0.0602 e. The Morgan fingerprint density at radius 1 is 0.900 bits per heavy atom. The molecule has 104 valence electrons. The highest BCUT2D eigenvalue weighted by Gasteiger charge is 2.23. The highest BCUT2D eigenvalue weighted by molar-refractivity contribution is 5.34. The van der Waals surface area contributed by atoms with E-state index in [1.165, 1.54) is 16.7 Å². The third-order valence-corrected chi connectivity index (χ3v) is 3.99. The summed E-state index contributed by atoms with van der Waals surface area (Å²) in [5, 5.41) is 3.44. The number of piperazine rings is 1. The molecule has 1 unspecified atom stereocenters. The van der Waals surface area contributed by atoms with Gasteiger partial charge in [0.25, 0.3) is 0 Å². The Balaban J connectivity index is 1.98. The van der Waals surface area contributed by atoms with Gasteiger partial charge in [-0.2, -0.15) is 0 Å². The molecule has 1 aliphatic rings. The van der Waals surface area contributed by atoms with Gasteiger partial charge in [-0.3, -0.25) is 4.90 Å². The lowest BCUT2D eigenvalue weighted by Gasteiger charge is -2.35. The summed E-state index contributed by atoms with van der Waals surface area (Å²) in [4.78, 5) is 2.58. The Morgan fingerprint density at radius 2 is 1.60 bits per heavy atom. The van der Waals surface area contributed by atoms with Gasteiger partial charge in [0.05, 0.1) is 6.04 Å². The van der Waals surface area contributed by atoms with Crippen molar-refractivity contribution < 1.29 is 0 Å². The van der Waals surface area contributed by atoms with Crippen LogP contribution in [0.5, 0.6) is 0 Å². The molecule has 2 aromatic rings. The summed E-state index contributed by atoms with van der Waals surface area (Å²) in [6.45, 7) is 6.54. The average Bonchev–Trinajstić information content (AvgIpc) is 2.50. The Kier molecular flexibility index (Phi) is 4.14. The lowest BCUT2D eigenvalue weighted by Crippen LogP contribution is -2.45. The van der Waals surface area contributed by atoms with Crippen LogP contribution < -0.4 is 5.32 Å². The first-order chi connectivity index (χ1) is 9.84. The highest BCUT2D eigenvalue weighted by Crippen LogP contribution is 2.29. The predicted molar refractivity (Wildman–Crippen MR) is 83.9 cm³/mol. The van der Waals surface area contributed by atoms with Crippen LogP contribution in [-0.4, -0.2) is 31.1 Å². The van der Waals surface area contributed by atoms with Crippen LogP contribution in [0, 0.1) is 6.92 Å². The molecule has 3 rings (SSSR count). The van der Waals surface area contributed by atoms with E-state index in [2.05, 4.69) is 71.7 Å². The first-order valence-electron chi connectivity index (χ1n) is 7.41. The third kappa shape index (κ3) is 2.92. The minimum absolute atomic E-state index is 0.373. The van der Waals surface area contributed by atoms with Crippen LogP contribution in [0.15, 0.2) is 54.6 Å². The van der Waals surface area contributed by atoms with Crippen molar-refractivity contribution >= 4 is 0 Å². The number of aryl methyl sites for hydroxylation is 1. The van der Waals surface area contributed by atoms with Crippen LogP contribution in [0.3, 0.4) is 0 Å². The minimum atomic E-state index is 0.373. The summed E-state index contributed by atoms with van der Waals surface area (Å²) < 4.78 is 0. The maximum Gasteiger partial charge on any atom is 0.0602 e. The van der Waals surface area contributed by atoms with Crippen LogP contribution in [0.1, 0.15) is 22.7 Å².